The first-order chi connectivity index (χ1) is 10.1. The summed E-state index contributed by atoms with van der Waals surface area (Å²) in [7, 11) is 0. The topological polar surface area (TPSA) is 32.3 Å². The maximum absolute atomic E-state index is 13.8. The Morgan fingerprint density at radius 1 is 1.19 bits per heavy atom. The molecule has 1 amide bonds. The number of hydrogen-bond acceptors (Lipinski definition) is 2. The standard InChI is InChI=1S/C17H17FN2O/c1-11-7-15-16(8-12(11)2)20(17(21)9-19-15)10-13-5-3-4-6-14(13)18/h3-8,19H,9-10H2,1-2H3. The van der Waals surface area contributed by atoms with Gasteiger partial charge in [-0.05, 0) is 43.2 Å². The molecule has 0 aromatic heterocycles. The van der Waals surface area contributed by atoms with Crippen molar-refractivity contribution in [2.75, 3.05) is 16.8 Å². The monoisotopic (exact) mass is 284 g/mol. The van der Waals surface area contributed by atoms with Crippen LogP contribution in [0.15, 0.2) is 36.4 Å². The molecule has 2 aromatic carbocycles. The van der Waals surface area contributed by atoms with Crippen LogP contribution in [0.5, 0.6) is 0 Å². The van der Waals surface area contributed by atoms with Gasteiger partial charge in [0, 0.05) is 5.56 Å². The van der Waals surface area contributed by atoms with E-state index in [1.54, 1.807) is 23.1 Å². The van der Waals surface area contributed by atoms with E-state index in [9.17, 15) is 9.18 Å². The maximum atomic E-state index is 13.8. The van der Waals surface area contributed by atoms with Crippen molar-refractivity contribution >= 4 is 17.3 Å². The van der Waals surface area contributed by atoms with Crippen LogP contribution in [0.2, 0.25) is 0 Å². The van der Waals surface area contributed by atoms with Gasteiger partial charge in [-0.3, -0.25) is 4.79 Å². The predicted molar refractivity (Wildman–Crippen MR) is 82.0 cm³/mol. The summed E-state index contributed by atoms with van der Waals surface area (Å²) in [6.07, 6.45) is 0. The number of nitrogens with one attached hydrogen (secondary N) is 1. The van der Waals surface area contributed by atoms with Crippen molar-refractivity contribution in [1.82, 2.24) is 0 Å². The van der Waals surface area contributed by atoms with Gasteiger partial charge < -0.3 is 10.2 Å². The normalized spacial score (nSPS) is 13.9. The molecule has 21 heavy (non-hydrogen) atoms. The molecule has 0 spiro atoms. The van der Waals surface area contributed by atoms with Crippen LogP contribution < -0.4 is 10.2 Å². The molecular formula is C17H17FN2O. The second-order valence-corrected chi connectivity index (χ2v) is 5.38. The zero-order valence-electron chi connectivity index (χ0n) is 12.1. The molecule has 0 atom stereocenters. The van der Waals surface area contributed by atoms with Gasteiger partial charge in [-0.15, -0.1) is 0 Å². The molecule has 3 nitrogen and oxygen atoms in total. The Balaban J connectivity index is 2.01. The lowest BCUT2D eigenvalue weighted by Crippen LogP contribution is -2.39. The number of rotatable bonds is 2. The fraction of sp³-hybridized carbons (Fsp3) is 0.235. The van der Waals surface area contributed by atoms with E-state index in [0.29, 0.717) is 5.56 Å². The Morgan fingerprint density at radius 3 is 2.67 bits per heavy atom. The molecule has 0 bridgehead atoms. The second kappa shape index (κ2) is 5.20. The maximum Gasteiger partial charge on any atom is 0.246 e. The van der Waals surface area contributed by atoms with Gasteiger partial charge in [0.05, 0.1) is 24.5 Å². The van der Waals surface area contributed by atoms with Crippen molar-refractivity contribution in [2.45, 2.75) is 20.4 Å². The minimum atomic E-state index is -0.283. The van der Waals surface area contributed by atoms with E-state index in [1.165, 1.54) is 11.6 Å². The van der Waals surface area contributed by atoms with E-state index in [1.807, 2.05) is 26.0 Å². The van der Waals surface area contributed by atoms with Crippen LogP contribution in [0.3, 0.4) is 0 Å². The van der Waals surface area contributed by atoms with Crippen LogP contribution in [0.25, 0.3) is 0 Å². The number of carbonyl (C=O) groups excluding carboxylic acids is 1. The van der Waals surface area contributed by atoms with Crippen molar-refractivity contribution in [3.8, 4) is 0 Å². The van der Waals surface area contributed by atoms with Crippen LogP contribution in [0.4, 0.5) is 15.8 Å². The van der Waals surface area contributed by atoms with E-state index < -0.39 is 0 Å². The van der Waals surface area contributed by atoms with Gasteiger partial charge in [0.1, 0.15) is 5.82 Å². The fourth-order valence-corrected chi connectivity index (χ4v) is 2.54. The second-order valence-electron chi connectivity index (χ2n) is 5.38. The van der Waals surface area contributed by atoms with Gasteiger partial charge >= 0.3 is 0 Å². The average Bonchev–Trinajstić information content (AvgIpc) is 2.46. The zero-order valence-corrected chi connectivity index (χ0v) is 12.1. The molecule has 0 unspecified atom stereocenters. The minimum absolute atomic E-state index is 0.0472. The Morgan fingerprint density at radius 2 is 1.90 bits per heavy atom. The molecule has 1 N–H and O–H groups in total. The quantitative estimate of drug-likeness (QED) is 0.916. The van der Waals surface area contributed by atoms with E-state index in [-0.39, 0.29) is 24.8 Å². The number of halogens is 1. The highest BCUT2D eigenvalue weighted by molar-refractivity contribution is 6.02. The molecule has 0 radical (unpaired) electrons. The Kier molecular flexibility index (Phi) is 3.37. The Bertz CT molecular complexity index is 712. The van der Waals surface area contributed by atoms with Crippen LogP contribution in [-0.2, 0) is 11.3 Å². The van der Waals surface area contributed by atoms with Crippen molar-refractivity contribution in [3.63, 3.8) is 0 Å². The van der Waals surface area contributed by atoms with E-state index >= 15 is 0 Å². The SMILES string of the molecule is Cc1cc2c(cc1C)N(Cc1ccccc1F)C(=O)CN2. The fourth-order valence-electron chi connectivity index (χ4n) is 2.54. The first-order valence-corrected chi connectivity index (χ1v) is 6.95. The van der Waals surface area contributed by atoms with Gasteiger partial charge in [-0.1, -0.05) is 18.2 Å². The first kappa shape index (κ1) is 13.6. The van der Waals surface area contributed by atoms with Crippen LogP contribution in [-0.4, -0.2) is 12.5 Å². The summed E-state index contributed by atoms with van der Waals surface area (Å²) in [4.78, 5) is 13.9. The summed E-state index contributed by atoms with van der Waals surface area (Å²) >= 11 is 0. The van der Waals surface area contributed by atoms with Gasteiger partial charge in [-0.25, -0.2) is 4.39 Å². The lowest BCUT2D eigenvalue weighted by molar-refractivity contribution is -0.117. The molecule has 2 aromatic rings. The molecule has 0 saturated heterocycles. The number of nitrogens with zero attached hydrogens (tertiary/aromatic N) is 1. The summed E-state index contributed by atoms with van der Waals surface area (Å²) in [6, 6.07) is 10.6. The van der Waals surface area contributed by atoms with Crippen LogP contribution in [0.1, 0.15) is 16.7 Å². The number of fused-ring (bicyclic) bond motifs is 1. The third-order valence-electron chi connectivity index (χ3n) is 3.92. The van der Waals surface area contributed by atoms with Gasteiger partial charge in [0.15, 0.2) is 0 Å². The summed E-state index contributed by atoms with van der Waals surface area (Å²) in [5.74, 6) is -0.330. The molecule has 0 aliphatic carbocycles. The molecule has 0 fully saturated rings. The van der Waals surface area contributed by atoms with Gasteiger partial charge in [0.25, 0.3) is 0 Å². The van der Waals surface area contributed by atoms with Crippen molar-refractivity contribution in [1.29, 1.82) is 0 Å². The number of carbonyl (C=O) groups is 1. The number of aryl methyl sites for hydroxylation is 2. The first-order valence-electron chi connectivity index (χ1n) is 6.95. The van der Waals surface area contributed by atoms with Gasteiger partial charge in [0.2, 0.25) is 5.91 Å². The molecule has 1 aliphatic heterocycles. The third kappa shape index (κ3) is 2.49. The number of anilines is 2. The molecular weight excluding hydrogens is 267 g/mol. The van der Waals surface area contributed by atoms with Crippen LogP contribution >= 0.6 is 0 Å². The molecule has 108 valence electrons. The van der Waals surface area contributed by atoms with Gasteiger partial charge in [-0.2, -0.15) is 0 Å². The molecule has 4 heteroatoms. The zero-order chi connectivity index (χ0) is 15.0. The third-order valence-corrected chi connectivity index (χ3v) is 3.92. The molecule has 0 saturated carbocycles. The highest BCUT2D eigenvalue weighted by atomic mass is 19.1. The molecule has 1 aliphatic rings. The number of benzene rings is 2. The Hall–Kier alpha value is -2.36. The summed E-state index contributed by atoms with van der Waals surface area (Å²) in [5.41, 5.74) is 4.55. The van der Waals surface area contributed by atoms with Crippen molar-refractivity contribution < 1.29 is 9.18 Å². The Labute approximate surface area is 123 Å². The number of amides is 1. The average molecular weight is 284 g/mol. The molecule has 3 rings (SSSR count). The minimum Gasteiger partial charge on any atom is -0.374 e. The summed E-state index contributed by atoms with van der Waals surface area (Å²) < 4.78 is 13.8. The smallest absolute Gasteiger partial charge is 0.246 e. The predicted octanol–water partition coefficient (Wildman–Crippen LogP) is 3.40. The molecule has 1 heterocycles. The number of hydrogen-bond donors (Lipinski definition) is 1. The lowest BCUT2D eigenvalue weighted by atomic mass is 10.0. The van der Waals surface area contributed by atoms with E-state index in [2.05, 4.69) is 5.32 Å². The van der Waals surface area contributed by atoms with E-state index in [0.717, 1.165) is 16.9 Å². The van der Waals surface area contributed by atoms with Crippen molar-refractivity contribution in [3.05, 3.63) is 58.9 Å². The van der Waals surface area contributed by atoms with E-state index in [4.69, 9.17) is 0 Å². The lowest BCUT2D eigenvalue weighted by Gasteiger charge is -2.31. The highest BCUT2D eigenvalue weighted by Crippen LogP contribution is 2.33. The van der Waals surface area contributed by atoms with Crippen molar-refractivity contribution in [2.24, 2.45) is 0 Å². The summed E-state index contributed by atoms with van der Waals surface area (Å²) in [6.45, 7) is 4.54. The summed E-state index contributed by atoms with van der Waals surface area (Å²) in [5, 5.41) is 3.13. The largest absolute Gasteiger partial charge is 0.374 e. The van der Waals surface area contributed by atoms with Crippen LogP contribution in [0, 0.1) is 19.7 Å². The highest BCUT2D eigenvalue weighted by Gasteiger charge is 2.25.